The summed E-state index contributed by atoms with van der Waals surface area (Å²) >= 11 is 1.44. The molecule has 2 rings (SSSR count). The Balaban J connectivity index is 2.38. The number of nitrogens with zero attached hydrogens (tertiary/aromatic N) is 2. The van der Waals surface area contributed by atoms with E-state index in [4.69, 9.17) is 10.6 Å². The first-order chi connectivity index (χ1) is 8.99. The Morgan fingerprint density at radius 3 is 2.95 bits per heavy atom. The fourth-order valence-electron chi connectivity index (χ4n) is 2.01. The smallest absolute Gasteiger partial charge is 0.353 e. The summed E-state index contributed by atoms with van der Waals surface area (Å²) in [4.78, 5) is 29.3. The molecule has 2 aliphatic heterocycles. The minimum absolute atomic E-state index is 0.0311. The normalized spacial score (nSPS) is 27.0. The molecule has 0 aromatic rings. The Hall–Kier alpha value is -1.54. The molecule has 2 heterocycles. The van der Waals surface area contributed by atoms with Crippen LogP contribution < -0.4 is 5.73 Å². The van der Waals surface area contributed by atoms with Crippen LogP contribution in [0.25, 0.3) is 0 Å². The van der Waals surface area contributed by atoms with E-state index in [-0.39, 0.29) is 17.0 Å². The molecule has 104 valence electrons. The molecular weight excluding hydrogens is 270 g/mol. The molecule has 0 aromatic heterocycles. The van der Waals surface area contributed by atoms with Gasteiger partial charge in [-0.15, -0.1) is 11.8 Å². The molecule has 0 saturated carbocycles. The maximum Gasteiger partial charge on any atom is 0.353 e. The van der Waals surface area contributed by atoms with E-state index in [0.29, 0.717) is 23.6 Å². The Kier molecular flexibility index (Phi) is 3.81. The Labute approximate surface area is 114 Å². The van der Waals surface area contributed by atoms with Crippen LogP contribution in [0.2, 0.25) is 0 Å². The van der Waals surface area contributed by atoms with Gasteiger partial charge in [0.05, 0.1) is 5.71 Å². The Morgan fingerprint density at radius 1 is 1.68 bits per heavy atom. The number of carboxylic acids is 1. The predicted octanol–water partition coefficient (Wildman–Crippen LogP) is -0.0201. The van der Waals surface area contributed by atoms with Gasteiger partial charge in [0.1, 0.15) is 23.7 Å². The zero-order valence-electron chi connectivity index (χ0n) is 10.6. The molecule has 0 unspecified atom stereocenters. The van der Waals surface area contributed by atoms with Crippen LogP contribution in [0.3, 0.4) is 0 Å². The van der Waals surface area contributed by atoms with Crippen LogP contribution in [0.4, 0.5) is 0 Å². The second-order valence-corrected chi connectivity index (χ2v) is 5.27. The quantitative estimate of drug-likeness (QED) is 0.427. The van der Waals surface area contributed by atoms with E-state index in [2.05, 4.69) is 5.16 Å². The summed E-state index contributed by atoms with van der Waals surface area (Å²) in [6.07, 6.45) is 0. The van der Waals surface area contributed by atoms with Crippen molar-refractivity contribution in [2.45, 2.75) is 25.3 Å². The first kappa shape index (κ1) is 13.9. The number of nitrogens with two attached hydrogens (primary N) is 1. The van der Waals surface area contributed by atoms with Crippen LogP contribution in [0.15, 0.2) is 16.4 Å². The monoisotopic (exact) mass is 285 g/mol. The van der Waals surface area contributed by atoms with Crippen LogP contribution in [0.5, 0.6) is 0 Å². The number of carboxylic acid groups (broad SMARTS) is 1. The Morgan fingerprint density at radius 2 is 2.37 bits per heavy atom. The van der Waals surface area contributed by atoms with Gasteiger partial charge in [-0.1, -0.05) is 5.16 Å². The summed E-state index contributed by atoms with van der Waals surface area (Å²) in [6, 6.07) is -0.620. The van der Waals surface area contributed by atoms with Crippen molar-refractivity contribution in [1.29, 1.82) is 0 Å². The molecule has 1 amide bonds. The van der Waals surface area contributed by atoms with E-state index in [0.717, 1.165) is 0 Å². The van der Waals surface area contributed by atoms with Gasteiger partial charge in [-0.05, 0) is 13.8 Å². The average molecular weight is 285 g/mol. The molecule has 19 heavy (non-hydrogen) atoms. The maximum atomic E-state index is 11.7. The third-order valence-electron chi connectivity index (χ3n) is 2.98. The number of hydrogen-bond acceptors (Lipinski definition) is 6. The number of fused-ring (bicyclic) bond motifs is 1. The lowest BCUT2D eigenvalue weighted by Gasteiger charge is -2.47. The van der Waals surface area contributed by atoms with E-state index in [1.165, 1.54) is 16.7 Å². The number of aliphatic carboxylic acids is 1. The summed E-state index contributed by atoms with van der Waals surface area (Å²) in [5.41, 5.74) is 6.60. The van der Waals surface area contributed by atoms with E-state index >= 15 is 0 Å². The summed E-state index contributed by atoms with van der Waals surface area (Å²) < 4.78 is 0. The number of hydrogen-bond donors (Lipinski definition) is 2. The van der Waals surface area contributed by atoms with Crippen LogP contribution in [-0.2, 0) is 14.4 Å². The van der Waals surface area contributed by atoms with Crippen molar-refractivity contribution < 1.29 is 19.5 Å². The van der Waals surface area contributed by atoms with Crippen molar-refractivity contribution in [2.75, 3.05) is 12.4 Å². The number of carbonyl (C=O) groups is 2. The molecule has 3 N–H and O–H groups in total. The van der Waals surface area contributed by atoms with Gasteiger partial charge in [-0.2, -0.15) is 0 Å². The van der Waals surface area contributed by atoms with Crippen LogP contribution in [-0.4, -0.2) is 51.4 Å². The molecule has 1 fully saturated rings. The highest BCUT2D eigenvalue weighted by Gasteiger charge is 2.52. The molecule has 0 aliphatic carbocycles. The van der Waals surface area contributed by atoms with Gasteiger partial charge in [0.25, 0.3) is 0 Å². The van der Waals surface area contributed by atoms with Gasteiger partial charge < -0.3 is 15.7 Å². The minimum Gasteiger partial charge on any atom is -0.477 e. The summed E-state index contributed by atoms with van der Waals surface area (Å²) in [7, 11) is 0. The van der Waals surface area contributed by atoms with Gasteiger partial charge in [0, 0.05) is 11.3 Å². The Bertz CT molecular complexity index is 488. The van der Waals surface area contributed by atoms with Crippen molar-refractivity contribution >= 4 is 29.4 Å². The number of carbonyl (C=O) groups excluding carboxylic acids is 1. The second-order valence-electron chi connectivity index (χ2n) is 4.16. The highest BCUT2D eigenvalue weighted by molar-refractivity contribution is 8.00. The molecule has 2 atom stereocenters. The molecule has 2 aliphatic rings. The van der Waals surface area contributed by atoms with E-state index in [1.54, 1.807) is 13.8 Å². The molecular formula is C11H15N3O4S. The van der Waals surface area contributed by atoms with Crippen molar-refractivity contribution in [3.63, 3.8) is 0 Å². The molecule has 8 heteroatoms. The van der Waals surface area contributed by atoms with Gasteiger partial charge >= 0.3 is 5.97 Å². The van der Waals surface area contributed by atoms with Crippen LogP contribution in [0.1, 0.15) is 13.8 Å². The third kappa shape index (κ3) is 2.21. The lowest BCUT2D eigenvalue weighted by atomic mass is 10.0. The molecule has 0 bridgehead atoms. The van der Waals surface area contributed by atoms with Gasteiger partial charge in [0.15, 0.2) is 0 Å². The van der Waals surface area contributed by atoms with E-state index < -0.39 is 12.0 Å². The maximum absolute atomic E-state index is 11.7. The summed E-state index contributed by atoms with van der Waals surface area (Å²) in [5, 5.41) is 12.9. The SMILES string of the molecule is CCON=C(C)C1=C(C(=O)O)N2C(=O)[C@@H](N)[C@H]2SC1. The predicted molar refractivity (Wildman–Crippen MR) is 70.5 cm³/mol. The van der Waals surface area contributed by atoms with E-state index in [9.17, 15) is 14.7 Å². The molecule has 0 spiro atoms. The van der Waals surface area contributed by atoms with Crippen molar-refractivity contribution in [3.8, 4) is 0 Å². The average Bonchev–Trinajstić information content (AvgIpc) is 2.41. The van der Waals surface area contributed by atoms with E-state index in [1.807, 2.05) is 0 Å². The number of β-lactam (4-membered cyclic amide) rings is 1. The zero-order chi connectivity index (χ0) is 14.2. The lowest BCUT2D eigenvalue weighted by molar-refractivity contribution is -0.147. The minimum atomic E-state index is -1.15. The topological polar surface area (TPSA) is 105 Å². The van der Waals surface area contributed by atoms with Gasteiger partial charge in [-0.25, -0.2) is 4.79 Å². The van der Waals surface area contributed by atoms with Crippen LogP contribution in [0, 0.1) is 0 Å². The standard InChI is InChI=1S/C11H15N3O4S/c1-3-18-13-5(2)6-4-19-10-7(12)9(15)14(10)8(6)11(16)17/h7,10H,3-4,12H2,1-2H3,(H,16,17)/t7-,10-/m1/s1. The summed E-state index contributed by atoms with van der Waals surface area (Å²) in [6.45, 7) is 3.85. The highest BCUT2D eigenvalue weighted by atomic mass is 32.2. The number of rotatable bonds is 4. The van der Waals surface area contributed by atoms with Crippen molar-refractivity contribution in [2.24, 2.45) is 10.9 Å². The largest absolute Gasteiger partial charge is 0.477 e. The third-order valence-corrected chi connectivity index (χ3v) is 4.28. The van der Waals surface area contributed by atoms with Gasteiger partial charge in [0.2, 0.25) is 5.91 Å². The zero-order valence-corrected chi connectivity index (χ0v) is 11.4. The first-order valence-electron chi connectivity index (χ1n) is 5.82. The van der Waals surface area contributed by atoms with Crippen LogP contribution >= 0.6 is 11.8 Å². The molecule has 0 radical (unpaired) electrons. The van der Waals surface area contributed by atoms with Crippen molar-refractivity contribution in [1.82, 2.24) is 4.90 Å². The fourth-order valence-corrected chi connectivity index (χ4v) is 3.37. The molecule has 1 saturated heterocycles. The molecule has 0 aromatic carbocycles. The van der Waals surface area contributed by atoms with Gasteiger partial charge in [-0.3, -0.25) is 9.69 Å². The summed E-state index contributed by atoms with van der Waals surface area (Å²) in [5.74, 6) is -1.06. The second kappa shape index (κ2) is 5.22. The fraction of sp³-hybridized carbons (Fsp3) is 0.545. The first-order valence-corrected chi connectivity index (χ1v) is 6.87. The number of amides is 1. The molecule has 7 nitrogen and oxygen atoms in total. The van der Waals surface area contributed by atoms with Crippen molar-refractivity contribution in [3.05, 3.63) is 11.3 Å². The number of thioether (sulfide) groups is 1. The highest BCUT2D eigenvalue weighted by Crippen LogP contribution is 2.39. The lowest BCUT2D eigenvalue weighted by Crippen LogP contribution is -2.68. The number of oxime groups is 1.